The second kappa shape index (κ2) is 5.75. The number of rotatable bonds is 6. The SMILES string of the molecule is CC(C)CC(C)CCC(C)[N+](C)(C)C. The van der Waals surface area contributed by atoms with Crippen molar-refractivity contribution in [3.8, 4) is 0 Å². The molecule has 14 heavy (non-hydrogen) atoms. The molecule has 0 aliphatic heterocycles. The second-order valence-corrected chi connectivity index (χ2v) is 6.28. The molecule has 0 saturated heterocycles. The Morgan fingerprint density at radius 2 is 1.36 bits per heavy atom. The van der Waals surface area contributed by atoms with E-state index in [9.17, 15) is 0 Å². The summed E-state index contributed by atoms with van der Waals surface area (Å²) in [7, 11) is 6.87. The third-order valence-electron chi connectivity index (χ3n) is 3.27. The first kappa shape index (κ1) is 14.0. The summed E-state index contributed by atoms with van der Waals surface area (Å²) >= 11 is 0. The fraction of sp³-hybridized carbons (Fsp3) is 1.00. The summed E-state index contributed by atoms with van der Waals surface area (Å²) < 4.78 is 1.09. The predicted octanol–water partition coefficient (Wildman–Crippen LogP) is 3.54. The lowest BCUT2D eigenvalue weighted by molar-refractivity contribution is -0.894. The molecule has 0 fully saturated rings. The monoisotopic (exact) mass is 200 g/mol. The van der Waals surface area contributed by atoms with Crippen LogP contribution in [0.2, 0.25) is 0 Å². The Morgan fingerprint density at radius 1 is 0.857 bits per heavy atom. The maximum absolute atomic E-state index is 2.39. The molecule has 0 radical (unpaired) electrons. The van der Waals surface area contributed by atoms with Crippen LogP contribution in [0.3, 0.4) is 0 Å². The van der Waals surface area contributed by atoms with Crippen molar-refractivity contribution in [2.45, 2.75) is 53.0 Å². The largest absolute Gasteiger partial charge is 0.329 e. The van der Waals surface area contributed by atoms with E-state index in [-0.39, 0.29) is 0 Å². The van der Waals surface area contributed by atoms with Gasteiger partial charge in [0.15, 0.2) is 0 Å². The maximum atomic E-state index is 2.39. The van der Waals surface area contributed by atoms with Crippen LogP contribution >= 0.6 is 0 Å². The Hall–Kier alpha value is -0.0400. The molecule has 0 aliphatic carbocycles. The molecule has 0 rings (SSSR count). The standard InChI is InChI=1S/C13H30N/c1-11(2)10-12(3)8-9-13(4)14(5,6)7/h11-13H,8-10H2,1-7H3/q+1. The van der Waals surface area contributed by atoms with Crippen LogP contribution in [-0.2, 0) is 0 Å². The van der Waals surface area contributed by atoms with Crippen molar-refractivity contribution in [2.24, 2.45) is 11.8 Å². The van der Waals surface area contributed by atoms with E-state index < -0.39 is 0 Å². The Bertz CT molecular complexity index is 144. The number of hydrogen-bond acceptors (Lipinski definition) is 0. The van der Waals surface area contributed by atoms with Gasteiger partial charge in [0.2, 0.25) is 0 Å². The van der Waals surface area contributed by atoms with Gasteiger partial charge in [-0.2, -0.15) is 0 Å². The quantitative estimate of drug-likeness (QED) is 0.575. The van der Waals surface area contributed by atoms with Crippen LogP contribution in [0.1, 0.15) is 47.0 Å². The van der Waals surface area contributed by atoms with E-state index in [0.717, 1.165) is 22.4 Å². The van der Waals surface area contributed by atoms with Crippen LogP contribution in [0, 0.1) is 11.8 Å². The third-order valence-corrected chi connectivity index (χ3v) is 3.27. The van der Waals surface area contributed by atoms with Gasteiger partial charge in [-0.3, -0.25) is 0 Å². The minimum absolute atomic E-state index is 0.782. The van der Waals surface area contributed by atoms with Crippen LogP contribution in [0.15, 0.2) is 0 Å². The Kier molecular flexibility index (Phi) is 5.73. The number of hydrogen-bond donors (Lipinski definition) is 0. The normalized spacial score (nSPS) is 17.1. The van der Waals surface area contributed by atoms with Gasteiger partial charge in [0.25, 0.3) is 0 Å². The maximum Gasteiger partial charge on any atom is 0.0855 e. The summed E-state index contributed by atoms with van der Waals surface area (Å²) in [5.74, 6) is 1.74. The molecule has 0 N–H and O–H groups in total. The molecule has 1 heteroatoms. The highest BCUT2D eigenvalue weighted by Gasteiger charge is 2.18. The minimum Gasteiger partial charge on any atom is -0.329 e. The zero-order valence-electron chi connectivity index (χ0n) is 11.3. The van der Waals surface area contributed by atoms with Crippen LogP contribution in [-0.4, -0.2) is 31.7 Å². The zero-order valence-corrected chi connectivity index (χ0v) is 11.3. The van der Waals surface area contributed by atoms with Crippen LogP contribution in [0.5, 0.6) is 0 Å². The molecule has 0 amide bonds. The van der Waals surface area contributed by atoms with Gasteiger partial charge in [0.05, 0.1) is 27.2 Å². The lowest BCUT2D eigenvalue weighted by Gasteiger charge is -2.32. The van der Waals surface area contributed by atoms with Gasteiger partial charge in [-0.15, -0.1) is 0 Å². The molecule has 0 aliphatic rings. The van der Waals surface area contributed by atoms with Crippen LogP contribution in [0.4, 0.5) is 0 Å². The summed E-state index contributed by atoms with van der Waals surface area (Å²) in [6.45, 7) is 9.39. The second-order valence-electron chi connectivity index (χ2n) is 6.28. The van der Waals surface area contributed by atoms with Gasteiger partial charge in [-0.25, -0.2) is 0 Å². The lowest BCUT2D eigenvalue weighted by Crippen LogP contribution is -2.43. The van der Waals surface area contributed by atoms with Gasteiger partial charge >= 0.3 is 0 Å². The molecule has 86 valence electrons. The van der Waals surface area contributed by atoms with Crippen molar-refractivity contribution >= 4 is 0 Å². The van der Waals surface area contributed by atoms with Crippen molar-refractivity contribution < 1.29 is 4.48 Å². The molecule has 2 unspecified atom stereocenters. The first-order chi connectivity index (χ1) is 6.23. The summed E-state index contributed by atoms with van der Waals surface area (Å²) in [6.07, 6.45) is 4.12. The molecule has 0 aromatic carbocycles. The highest BCUT2D eigenvalue weighted by molar-refractivity contribution is 4.59. The van der Waals surface area contributed by atoms with Crippen molar-refractivity contribution in [1.29, 1.82) is 0 Å². The molecule has 1 nitrogen and oxygen atoms in total. The Labute approximate surface area is 91.1 Å². The van der Waals surface area contributed by atoms with E-state index in [1.807, 2.05) is 0 Å². The molecular weight excluding hydrogens is 170 g/mol. The predicted molar refractivity (Wildman–Crippen MR) is 65.3 cm³/mol. The third kappa shape index (κ3) is 6.42. The van der Waals surface area contributed by atoms with Crippen molar-refractivity contribution in [3.63, 3.8) is 0 Å². The van der Waals surface area contributed by atoms with Crippen LogP contribution in [0.25, 0.3) is 0 Å². The molecule has 0 aromatic rings. The van der Waals surface area contributed by atoms with Gasteiger partial charge in [-0.05, 0) is 38.0 Å². The van der Waals surface area contributed by atoms with Gasteiger partial charge < -0.3 is 4.48 Å². The highest BCUT2D eigenvalue weighted by atomic mass is 15.3. The molecular formula is C13H30N+. The van der Waals surface area contributed by atoms with Crippen molar-refractivity contribution in [1.82, 2.24) is 0 Å². The molecule has 0 heterocycles. The average molecular weight is 200 g/mol. The summed E-state index contributed by atoms with van der Waals surface area (Å²) in [5, 5.41) is 0. The summed E-state index contributed by atoms with van der Waals surface area (Å²) in [4.78, 5) is 0. The van der Waals surface area contributed by atoms with Gasteiger partial charge in [0.1, 0.15) is 0 Å². The molecule has 0 saturated carbocycles. The zero-order chi connectivity index (χ0) is 11.4. The number of quaternary nitrogens is 1. The van der Waals surface area contributed by atoms with Gasteiger partial charge in [0, 0.05) is 0 Å². The Balaban J connectivity index is 3.72. The summed E-state index contributed by atoms with van der Waals surface area (Å²) in [6, 6.07) is 0.782. The van der Waals surface area contributed by atoms with E-state index in [2.05, 4.69) is 48.8 Å². The van der Waals surface area contributed by atoms with Crippen molar-refractivity contribution in [2.75, 3.05) is 21.1 Å². The topological polar surface area (TPSA) is 0 Å². The Morgan fingerprint density at radius 3 is 1.71 bits per heavy atom. The van der Waals surface area contributed by atoms with E-state index >= 15 is 0 Å². The van der Waals surface area contributed by atoms with E-state index in [4.69, 9.17) is 0 Å². The van der Waals surface area contributed by atoms with Crippen LogP contribution < -0.4 is 0 Å². The minimum atomic E-state index is 0.782. The first-order valence-electron chi connectivity index (χ1n) is 6.04. The average Bonchev–Trinajstić information content (AvgIpc) is 1.96. The molecule has 0 aromatic heterocycles. The fourth-order valence-electron chi connectivity index (χ4n) is 1.84. The lowest BCUT2D eigenvalue weighted by atomic mass is 9.93. The smallest absolute Gasteiger partial charge is 0.0855 e. The van der Waals surface area contributed by atoms with E-state index in [0.29, 0.717) is 0 Å². The highest BCUT2D eigenvalue weighted by Crippen LogP contribution is 2.19. The van der Waals surface area contributed by atoms with Gasteiger partial charge in [-0.1, -0.05) is 20.8 Å². The summed E-state index contributed by atoms with van der Waals surface area (Å²) in [5.41, 5.74) is 0. The molecule has 0 spiro atoms. The van der Waals surface area contributed by atoms with Crippen molar-refractivity contribution in [3.05, 3.63) is 0 Å². The molecule has 2 atom stereocenters. The number of nitrogens with zero attached hydrogens (tertiary/aromatic N) is 1. The first-order valence-corrected chi connectivity index (χ1v) is 6.04. The van der Waals surface area contributed by atoms with E-state index in [1.54, 1.807) is 0 Å². The molecule has 0 bridgehead atoms. The fourth-order valence-corrected chi connectivity index (χ4v) is 1.84. The van der Waals surface area contributed by atoms with E-state index in [1.165, 1.54) is 19.3 Å².